The lowest BCUT2D eigenvalue weighted by molar-refractivity contribution is 0.102. The Kier molecular flexibility index (Phi) is 6.44. The van der Waals surface area contributed by atoms with Gasteiger partial charge in [0.15, 0.2) is 0 Å². The van der Waals surface area contributed by atoms with E-state index in [2.05, 4.69) is 38.1 Å². The summed E-state index contributed by atoms with van der Waals surface area (Å²) < 4.78 is 12.7. The first-order valence-corrected chi connectivity index (χ1v) is 8.54. The first-order chi connectivity index (χ1) is 11.9. The number of aromatic nitrogens is 2. The summed E-state index contributed by atoms with van der Waals surface area (Å²) in [4.78, 5) is 12.7. The van der Waals surface area contributed by atoms with Gasteiger partial charge in [-0.15, -0.1) is 5.10 Å². The lowest BCUT2D eigenvalue weighted by atomic mass is 10.2. The Labute approximate surface area is 149 Å². The summed E-state index contributed by atoms with van der Waals surface area (Å²) >= 11 is 0. The van der Waals surface area contributed by atoms with Gasteiger partial charge in [0.25, 0.3) is 5.91 Å². The average Bonchev–Trinajstić information content (AvgIpc) is 2.95. The Morgan fingerprint density at radius 2 is 2.00 bits per heavy atom. The first-order valence-electron chi connectivity index (χ1n) is 8.54. The number of anilines is 1. The molecule has 0 saturated heterocycles. The van der Waals surface area contributed by atoms with Crippen molar-refractivity contribution in [3.8, 4) is 11.6 Å². The van der Waals surface area contributed by atoms with Crippen molar-refractivity contribution in [2.75, 3.05) is 19.0 Å². The lowest BCUT2D eigenvalue weighted by Crippen LogP contribution is -2.14. The minimum absolute atomic E-state index is 0.248. The molecule has 0 spiro atoms. The van der Waals surface area contributed by atoms with Gasteiger partial charge >= 0.3 is 0 Å². The molecule has 1 aromatic heterocycles. The molecule has 1 heterocycles. The number of nitrogens with zero attached hydrogens (tertiary/aromatic N) is 2. The van der Waals surface area contributed by atoms with Gasteiger partial charge in [-0.3, -0.25) is 9.48 Å². The van der Waals surface area contributed by atoms with Crippen molar-refractivity contribution in [1.82, 2.24) is 9.78 Å². The topological polar surface area (TPSA) is 65.4 Å². The molecule has 2 aromatic rings. The molecule has 0 unspecified atom stereocenters. The van der Waals surface area contributed by atoms with Crippen LogP contribution in [-0.4, -0.2) is 29.4 Å². The Hall–Kier alpha value is -2.50. The molecule has 0 aliphatic rings. The van der Waals surface area contributed by atoms with Crippen molar-refractivity contribution >= 4 is 11.6 Å². The Morgan fingerprint density at radius 3 is 2.64 bits per heavy atom. The molecular formula is C19H27N3O3. The van der Waals surface area contributed by atoms with Crippen LogP contribution in [0.1, 0.15) is 38.1 Å². The van der Waals surface area contributed by atoms with Crippen LogP contribution in [0.15, 0.2) is 30.5 Å². The summed E-state index contributed by atoms with van der Waals surface area (Å²) in [6.07, 6.45) is 1.74. The molecule has 0 atom stereocenters. The molecular weight excluding hydrogens is 318 g/mol. The van der Waals surface area contributed by atoms with Crippen LogP contribution in [0.2, 0.25) is 0 Å². The van der Waals surface area contributed by atoms with Gasteiger partial charge in [-0.2, -0.15) is 0 Å². The van der Waals surface area contributed by atoms with Gasteiger partial charge in [0.2, 0.25) is 5.88 Å². The molecule has 25 heavy (non-hydrogen) atoms. The number of ether oxygens (including phenoxy) is 2. The van der Waals surface area contributed by atoms with Gasteiger partial charge < -0.3 is 14.8 Å². The quantitative estimate of drug-likeness (QED) is 0.789. The van der Waals surface area contributed by atoms with E-state index in [1.54, 1.807) is 24.1 Å². The van der Waals surface area contributed by atoms with Crippen LogP contribution in [0.3, 0.4) is 0 Å². The smallest absolute Gasteiger partial charge is 0.262 e. The third kappa shape index (κ3) is 5.52. The second kappa shape index (κ2) is 8.55. The number of methoxy groups -OCH3 is 1. The van der Waals surface area contributed by atoms with Crippen molar-refractivity contribution in [3.63, 3.8) is 0 Å². The van der Waals surface area contributed by atoms with Crippen molar-refractivity contribution < 1.29 is 14.3 Å². The highest BCUT2D eigenvalue weighted by molar-refractivity contribution is 6.05. The van der Waals surface area contributed by atoms with E-state index in [9.17, 15) is 4.79 Å². The molecule has 0 saturated carbocycles. The van der Waals surface area contributed by atoms with E-state index in [0.717, 1.165) is 6.54 Å². The number of benzene rings is 1. The highest BCUT2D eigenvalue weighted by atomic mass is 16.5. The van der Waals surface area contributed by atoms with Gasteiger partial charge in [-0.1, -0.05) is 33.8 Å². The summed E-state index contributed by atoms with van der Waals surface area (Å²) in [6, 6.07) is 7.24. The van der Waals surface area contributed by atoms with Gasteiger partial charge in [-0.25, -0.2) is 0 Å². The molecule has 0 bridgehead atoms. The number of nitrogens with one attached hydrogen (secondary N) is 1. The van der Waals surface area contributed by atoms with Crippen LogP contribution >= 0.6 is 0 Å². The molecule has 1 N–H and O–H groups in total. The minimum atomic E-state index is -0.248. The second-order valence-corrected chi connectivity index (χ2v) is 6.85. The molecule has 0 aliphatic heterocycles. The Balaban J connectivity index is 2.21. The molecule has 6 heteroatoms. The predicted molar refractivity (Wildman–Crippen MR) is 98.3 cm³/mol. The highest BCUT2D eigenvalue weighted by Gasteiger charge is 2.19. The maximum absolute atomic E-state index is 12.7. The van der Waals surface area contributed by atoms with Crippen LogP contribution in [0, 0.1) is 11.8 Å². The molecule has 2 rings (SSSR count). The van der Waals surface area contributed by atoms with Crippen molar-refractivity contribution in [1.29, 1.82) is 0 Å². The van der Waals surface area contributed by atoms with E-state index >= 15 is 0 Å². The number of carbonyl (C=O) groups excluding carboxylic acids is 1. The van der Waals surface area contributed by atoms with E-state index in [4.69, 9.17) is 9.47 Å². The zero-order valence-electron chi connectivity index (χ0n) is 15.6. The number of hydrogen-bond acceptors (Lipinski definition) is 4. The summed E-state index contributed by atoms with van der Waals surface area (Å²) in [5.41, 5.74) is 1.10. The summed E-state index contributed by atoms with van der Waals surface area (Å²) in [7, 11) is 1.59. The van der Waals surface area contributed by atoms with E-state index < -0.39 is 0 Å². The SMILES string of the molecule is COc1cccc(NC(=O)c2cn(CC(C)C)nc2OCC(C)C)c1. The van der Waals surface area contributed by atoms with E-state index in [0.29, 0.717) is 41.3 Å². The molecule has 0 radical (unpaired) electrons. The fourth-order valence-corrected chi connectivity index (χ4v) is 2.28. The van der Waals surface area contributed by atoms with Crippen LogP contribution in [0.4, 0.5) is 5.69 Å². The molecule has 1 aromatic carbocycles. The Morgan fingerprint density at radius 1 is 1.24 bits per heavy atom. The first kappa shape index (κ1) is 18.8. The average molecular weight is 345 g/mol. The summed E-state index contributed by atoms with van der Waals surface area (Å²) in [6.45, 7) is 9.56. The maximum Gasteiger partial charge on any atom is 0.262 e. The van der Waals surface area contributed by atoms with Gasteiger partial charge in [0, 0.05) is 24.5 Å². The van der Waals surface area contributed by atoms with Gasteiger partial charge in [0.05, 0.1) is 13.7 Å². The molecule has 0 aliphatic carbocycles. The summed E-state index contributed by atoms with van der Waals surface area (Å²) in [5.74, 6) is 1.58. The fourth-order valence-electron chi connectivity index (χ4n) is 2.28. The zero-order valence-corrected chi connectivity index (χ0v) is 15.6. The highest BCUT2D eigenvalue weighted by Crippen LogP contribution is 2.22. The number of amides is 1. The van der Waals surface area contributed by atoms with Crippen LogP contribution in [0.25, 0.3) is 0 Å². The van der Waals surface area contributed by atoms with Gasteiger partial charge in [0.1, 0.15) is 11.3 Å². The fraction of sp³-hybridized carbons (Fsp3) is 0.474. The van der Waals surface area contributed by atoms with E-state index in [-0.39, 0.29) is 5.91 Å². The largest absolute Gasteiger partial charge is 0.497 e. The summed E-state index contributed by atoms with van der Waals surface area (Å²) in [5, 5.41) is 7.30. The third-order valence-corrected chi connectivity index (χ3v) is 3.41. The predicted octanol–water partition coefficient (Wildman–Crippen LogP) is 3.83. The number of carbonyl (C=O) groups is 1. The monoisotopic (exact) mass is 345 g/mol. The van der Waals surface area contributed by atoms with Crippen LogP contribution < -0.4 is 14.8 Å². The van der Waals surface area contributed by atoms with Crippen molar-refractivity contribution in [3.05, 3.63) is 36.0 Å². The maximum atomic E-state index is 12.7. The number of rotatable bonds is 8. The number of hydrogen-bond donors (Lipinski definition) is 1. The standard InChI is InChI=1S/C19H27N3O3/c1-13(2)10-22-11-17(19(21-22)25-12-14(3)4)18(23)20-15-7-6-8-16(9-15)24-5/h6-9,11,13-14H,10,12H2,1-5H3,(H,20,23). The van der Waals surface area contributed by atoms with E-state index in [1.807, 2.05) is 18.2 Å². The minimum Gasteiger partial charge on any atom is -0.497 e. The van der Waals surface area contributed by atoms with Gasteiger partial charge in [-0.05, 0) is 24.0 Å². The molecule has 0 fully saturated rings. The van der Waals surface area contributed by atoms with Crippen molar-refractivity contribution in [2.24, 2.45) is 11.8 Å². The van der Waals surface area contributed by atoms with E-state index in [1.165, 1.54) is 0 Å². The molecule has 1 amide bonds. The zero-order chi connectivity index (χ0) is 18.4. The normalized spacial score (nSPS) is 11.0. The Bertz CT molecular complexity index is 708. The lowest BCUT2D eigenvalue weighted by Gasteiger charge is -2.09. The van der Waals surface area contributed by atoms with Crippen LogP contribution in [-0.2, 0) is 6.54 Å². The molecule has 6 nitrogen and oxygen atoms in total. The second-order valence-electron chi connectivity index (χ2n) is 6.85. The molecule has 136 valence electrons. The van der Waals surface area contributed by atoms with Crippen molar-refractivity contribution in [2.45, 2.75) is 34.2 Å². The van der Waals surface area contributed by atoms with Crippen LogP contribution in [0.5, 0.6) is 11.6 Å². The third-order valence-electron chi connectivity index (χ3n) is 3.41.